The highest BCUT2D eigenvalue weighted by molar-refractivity contribution is 6.68. The molecule has 124 valence electrons. The van der Waals surface area contributed by atoms with Crippen LogP contribution in [0.5, 0.6) is 0 Å². The van der Waals surface area contributed by atoms with Crippen LogP contribution in [-0.2, 0) is 9.53 Å². The second-order valence-corrected chi connectivity index (χ2v) is 8.78. The molecule has 0 aliphatic rings. The summed E-state index contributed by atoms with van der Waals surface area (Å²) in [7, 11) is 2.15. The Kier molecular flexibility index (Phi) is 16.8. The predicted molar refractivity (Wildman–Crippen MR) is 93.5 cm³/mol. The van der Waals surface area contributed by atoms with E-state index in [1.165, 1.54) is 70.9 Å². The number of esters is 1. The Hall–Kier alpha value is 0.267. The number of halogens is 2. The third-order valence-electron chi connectivity index (χ3n) is 3.58. The van der Waals surface area contributed by atoms with Gasteiger partial charge in [-0.2, -0.15) is 0 Å². The summed E-state index contributed by atoms with van der Waals surface area (Å²) >= 11 is 11.4. The molecule has 2 radical (unpaired) electrons. The predicted octanol–water partition coefficient (Wildman–Crippen LogP) is 5.72. The van der Waals surface area contributed by atoms with Crippen LogP contribution in [0.25, 0.3) is 0 Å². The number of alkyl halides is 2. The minimum atomic E-state index is -0.155. The van der Waals surface area contributed by atoms with Gasteiger partial charge in [-0.15, -0.1) is 23.2 Å². The van der Waals surface area contributed by atoms with Gasteiger partial charge in [0.1, 0.15) is 0 Å². The number of rotatable bonds is 15. The van der Waals surface area contributed by atoms with Crippen molar-refractivity contribution in [1.82, 2.24) is 0 Å². The first-order chi connectivity index (χ1) is 10.2. The number of hydrogen-bond donors (Lipinski definition) is 0. The van der Waals surface area contributed by atoms with Gasteiger partial charge in [-0.1, -0.05) is 70.3 Å². The van der Waals surface area contributed by atoms with Crippen LogP contribution in [-0.4, -0.2) is 27.1 Å². The molecular formula is C16H30Cl2O2Si. The van der Waals surface area contributed by atoms with Crippen molar-refractivity contribution in [1.29, 1.82) is 0 Å². The first kappa shape index (κ1) is 21.3. The Morgan fingerprint density at radius 2 is 1.29 bits per heavy atom. The first-order valence-corrected chi connectivity index (χ1v) is 10.4. The monoisotopic (exact) mass is 352 g/mol. The quantitative estimate of drug-likeness (QED) is 0.163. The number of unbranched alkanes of at least 4 members (excludes halogenated alkanes) is 10. The zero-order valence-electron chi connectivity index (χ0n) is 13.3. The maximum Gasteiger partial charge on any atom is 0.305 e. The first-order valence-electron chi connectivity index (χ1n) is 8.25. The Labute approximate surface area is 143 Å². The largest absolute Gasteiger partial charge is 0.469 e. The molecule has 0 saturated carbocycles. The lowest BCUT2D eigenvalue weighted by Crippen LogP contribution is -1.99. The van der Waals surface area contributed by atoms with Gasteiger partial charge in [-0.05, 0) is 6.42 Å². The highest BCUT2D eigenvalue weighted by Gasteiger charge is 2.00. The number of carbonyl (C=O) groups excluding carboxylic acids is 1. The maximum absolute atomic E-state index is 10.9. The van der Waals surface area contributed by atoms with Crippen molar-refractivity contribution >= 4 is 38.7 Å². The van der Waals surface area contributed by atoms with Crippen molar-refractivity contribution in [2.75, 3.05) is 7.11 Å². The second kappa shape index (κ2) is 16.6. The minimum absolute atomic E-state index is 0.0804. The molecular weight excluding hydrogens is 323 g/mol. The van der Waals surface area contributed by atoms with Crippen LogP contribution in [0.1, 0.15) is 77.0 Å². The van der Waals surface area contributed by atoms with Crippen LogP contribution in [0.3, 0.4) is 0 Å². The van der Waals surface area contributed by atoms with Gasteiger partial charge < -0.3 is 4.74 Å². The molecule has 0 bridgehead atoms. The Morgan fingerprint density at radius 3 is 1.71 bits per heavy atom. The van der Waals surface area contributed by atoms with Gasteiger partial charge >= 0.3 is 5.97 Å². The second-order valence-electron chi connectivity index (χ2n) is 5.47. The van der Waals surface area contributed by atoms with E-state index in [0.717, 1.165) is 12.8 Å². The lowest BCUT2D eigenvalue weighted by molar-refractivity contribution is -0.140. The summed E-state index contributed by atoms with van der Waals surface area (Å²) in [5.74, 6) is -0.0804. The van der Waals surface area contributed by atoms with Crippen molar-refractivity contribution in [2.24, 2.45) is 0 Å². The molecule has 0 aromatic heterocycles. The third kappa shape index (κ3) is 18.2. The van der Waals surface area contributed by atoms with Gasteiger partial charge in [0.15, 0.2) is 0 Å². The van der Waals surface area contributed by atoms with Crippen molar-refractivity contribution in [3.05, 3.63) is 0 Å². The molecule has 0 atom stereocenters. The molecule has 0 aliphatic carbocycles. The molecule has 0 rings (SSSR count). The van der Waals surface area contributed by atoms with Crippen LogP contribution in [0, 0.1) is 0 Å². The molecule has 0 aromatic rings. The molecule has 0 heterocycles. The molecule has 0 aromatic carbocycles. The molecule has 2 nitrogen and oxygen atoms in total. The van der Waals surface area contributed by atoms with E-state index in [1.54, 1.807) is 0 Å². The minimum Gasteiger partial charge on any atom is -0.469 e. The maximum atomic E-state index is 10.9. The summed E-state index contributed by atoms with van der Waals surface area (Å²) in [6, 6.07) is 1.18. The van der Waals surface area contributed by atoms with E-state index in [2.05, 4.69) is 4.74 Å². The van der Waals surface area contributed by atoms with E-state index in [0.29, 0.717) is 15.9 Å². The highest BCUT2D eigenvalue weighted by atomic mass is 35.5. The zero-order chi connectivity index (χ0) is 15.8. The van der Waals surface area contributed by atoms with E-state index in [-0.39, 0.29) is 10.4 Å². The summed E-state index contributed by atoms with van der Waals surface area (Å²) < 4.78 is 4.46. The topological polar surface area (TPSA) is 26.3 Å². The Morgan fingerprint density at radius 1 is 0.857 bits per heavy atom. The smallest absolute Gasteiger partial charge is 0.305 e. The average molecular weight is 353 g/mol. The van der Waals surface area contributed by atoms with E-state index in [1.807, 2.05) is 0 Å². The lowest BCUT2D eigenvalue weighted by Gasteiger charge is -2.03. The van der Waals surface area contributed by atoms with Crippen LogP contribution in [0.2, 0.25) is 6.04 Å². The van der Waals surface area contributed by atoms with Gasteiger partial charge in [-0.3, -0.25) is 4.79 Å². The number of ether oxygens (including phenoxy) is 1. The van der Waals surface area contributed by atoms with E-state index in [4.69, 9.17) is 23.2 Å². The van der Waals surface area contributed by atoms with Crippen molar-refractivity contribution in [3.8, 4) is 0 Å². The molecule has 0 unspecified atom stereocenters. The number of carbonyl (C=O) groups is 1. The fourth-order valence-corrected chi connectivity index (χ4v) is 3.63. The zero-order valence-corrected chi connectivity index (χ0v) is 15.9. The SMILES string of the molecule is COC(=O)CCCCCCCCCCCCC[Si]C(Cl)Cl. The summed E-state index contributed by atoms with van der Waals surface area (Å²) in [5.41, 5.74) is 0. The van der Waals surface area contributed by atoms with Gasteiger partial charge in [-0.25, -0.2) is 0 Å². The van der Waals surface area contributed by atoms with E-state index >= 15 is 0 Å². The van der Waals surface area contributed by atoms with Gasteiger partial charge in [0, 0.05) is 6.42 Å². The summed E-state index contributed by atoms with van der Waals surface area (Å²) in [6.45, 7) is 0. The van der Waals surface area contributed by atoms with E-state index in [9.17, 15) is 4.79 Å². The standard InChI is InChI=1S/C16H30Cl2O2Si/c1-20-15(19)13-11-9-7-5-3-2-4-6-8-10-12-14-21-16(17)18/h16H,2-14H2,1H3. The average Bonchev–Trinajstić information content (AvgIpc) is 2.46. The molecule has 0 aliphatic heterocycles. The molecule has 5 heteroatoms. The van der Waals surface area contributed by atoms with Gasteiger partial charge in [0.25, 0.3) is 0 Å². The third-order valence-corrected chi connectivity index (χ3v) is 5.46. The number of methoxy groups -OCH3 is 1. The highest BCUT2D eigenvalue weighted by Crippen LogP contribution is 2.13. The Bertz CT molecular complexity index is 238. The molecule has 0 fully saturated rings. The Balaban J connectivity index is 3.01. The normalized spacial score (nSPS) is 11.0. The fraction of sp³-hybridized carbons (Fsp3) is 0.938. The lowest BCUT2D eigenvalue weighted by atomic mass is 10.1. The van der Waals surface area contributed by atoms with Gasteiger partial charge in [0.2, 0.25) is 0 Å². The van der Waals surface area contributed by atoms with Crippen LogP contribution < -0.4 is 0 Å². The number of hydrogen-bond acceptors (Lipinski definition) is 2. The summed E-state index contributed by atoms with van der Waals surface area (Å²) in [5, 5.41) is 0. The summed E-state index contributed by atoms with van der Waals surface area (Å²) in [6.07, 6.45) is 14.6. The van der Waals surface area contributed by atoms with Gasteiger partial charge in [0.05, 0.1) is 21.1 Å². The molecule has 0 N–H and O–H groups in total. The van der Waals surface area contributed by atoms with Crippen LogP contribution in [0.15, 0.2) is 0 Å². The molecule has 0 spiro atoms. The van der Waals surface area contributed by atoms with Crippen LogP contribution >= 0.6 is 23.2 Å². The van der Waals surface area contributed by atoms with Crippen molar-refractivity contribution in [2.45, 2.75) is 87.6 Å². The van der Waals surface area contributed by atoms with Crippen LogP contribution in [0.4, 0.5) is 0 Å². The fourth-order valence-electron chi connectivity index (χ4n) is 2.30. The summed E-state index contributed by atoms with van der Waals surface area (Å²) in [4.78, 5) is 10.9. The van der Waals surface area contributed by atoms with E-state index < -0.39 is 0 Å². The molecule has 0 amide bonds. The van der Waals surface area contributed by atoms with Crippen molar-refractivity contribution < 1.29 is 9.53 Å². The molecule has 0 saturated heterocycles. The molecule has 21 heavy (non-hydrogen) atoms. The van der Waals surface area contributed by atoms with Crippen molar-refractivity contribution in [3.63, 3.8) is 0 Å².